The van der Waals surface area contributed by atoms with E-state index in [2.05, 4.69) is 9.71 Å². The molecule has 3 rings (SSSR count). The molecule has 1 aromatic heterocycles. The molecule has 0 radical (unpaired) electrons. The molecule has 1 aromatic rings. The molecule has 0 aliphatic carbocycles. The minimum absolute atomic E-state index is 0.206. The fourth-order valence-electron chi connectivity index (χ4n) is 2.21. The van der Waals surface area contributed by atoms with Crippen molar-refractivity contribution >= 4 is 23.5 Å². The zero-order valence-corrected chi connectivity index (χ0v) is 11.7. The molecular weight excluding hydrogens is 272 g/mol. The first kappa shape index (κ1) is 12.5. The highest BCUT2D eigenvalue weighted by Crippen LogP contribution is 2.37. The number of halogens is 1. The lowest BCUT2D eigenvalue weighted by Crippen LogP contribution is -2.47. The van der Waals surface area contributed by atoms with Crippen molar-refractivity contribution in [3.8, 4) is 5.88 Å². The maximum absolute atomic E-state index is 6.16. The second kappa shape index (κ2) is 4.89. The number of hydrogen-bond acceptors (Lipinski definition) is 5. The maximum atomic E-state index is 6.16. The summed E-state index contributed by atoms with van der Waals surface area (Å²) in [4.78, 5) is 5.36. The third-order valence-electron chi connectivity index (χ3n) is 3.38. The predicted octanol–water partition coefficient (Wildman–Crippen LogP) is 2.58. The standard InChI is InChI=1S/C12H15ClN2O2S/c1-8-6-9-11(15-10(8)13)17-12(7-14-18-9)2-4-16-5-3-12/h6,14H,2-5,7H2,1H3. The van der Waals surface area contributed by atoms with Gasteiger partial charge in [0, 0.05) is 19.4 Å². The summed E-state index contributed by atoms with van der Waals surface area (Å²) in [5.41, 5.74) is 0.762. The van der Waals surface area contributed by atoms with Gasteiger partial charge in [0.2, 0.25) is 5.88 Å². The number of hydrogen-bond donors (Lipinski definition) is 1. The van der Waals surface area contributed by atoms with Gasteiger partial charge in [0.25, 0.3) is 0 Å². The summed E-state index contributed by atoms with van der Waals surface area (Å²) in [6.07, 6.45) is 1.76. The quantitative estimate of drug-likeness (QED) is 0.587. The van der Waals surface area contributed by atoms with Crippen molar-refractivity contribution in [2.45, 2.75) is 30.3 Å². The van der Waals surface area contributed by atoms with Crippen molar-refractivity contribution in [1.82, 2.24) is 9.71 Å². The van der Waals surface area contributed by atoms with Crippen molar-refractivity contribution in [3.05, 3.63) is 16.8 Å². The molecule has 0 bridgehead atoms. The van der Waals surface area contributed by atoms with E-state index in [0.29, 0.717) is 11.0 Å². The smallest absolute Gasteiger partial charge is 0.230 e. The first-order chi connectivity index (χ1) is 8.69. The maximum Gasteiger partial charge on any atom is 0.230 e. The van der Waals surface area contributed by atoms with Gasteiger partial charge < -0.3 is 9.47 Å². The Balaban J connectivity index is 1.94. The van der Waals surface area contributed by atoms with Crippen molar-refractivity contribution in [2.24, 2.45) is 0 Å². The van der Waals surface area contributed by atoms with E-state index >= 15 is 0 Å². The van der Waals surface area contributed by atoms with Crippen LogP contribution >= 0.6 is 23.5 Å². The second-order valence-corrected chi connectivity index (χ2v) is 6.01. The van der Waals surface area contributed by atoms with Crippen LogP contribution in [0.2, 0.25) is 5.15 Å². The highest BCUT2D eigenvalue weighted by molar-refractivity contribution is 7.97. The second-order valence-electron chi connectivity index (χ2n) is 4.72. The average Bonchev–Trinajstić information content (AvgIpc) is 2.51. The molecule has 0 amide bonds. The Morgan fingerprint density at radius 3 is 3.00 bits per heavy atom. The third kappa shape index (κ3) is 2.32. The lowest BCUT2D eigenvalue weighted by molar-refractivity contribution is -0.0442. The molecule has 1 saturated heterocycles. The Labute approximate surface area is 116 Å². The van der Waals surface area contributed by atoms with Crippen LogP contribution in [0.3, 0.4) is 0 Å². The summed E-state index contributed by atoms with van der Waals surface area (Å²) >= 11 is 7.64. The van der Waals surface area contributed by atoms with Gasteiger partial charge in [-0.2, -0.15) is 0 Å². The van der Waals surface area contributed by atoms with Gasteiger partial charge in [-0.15, -0.1) is 0 Å². The Morgan fingerprint density at radius 1 is 1.44 bits per heavy atom. The zero-order chi connectivity index (χ0) is 12.6. The minimum atomic E-state index is -0.206. The Bertz CT molecular complexity index is 464. The van der Waals surface area contributed by atoms with Gasteiger partial charge in [0.1, 0.15) is 10.8 Å². The molecule has 1 spiro atoms. The topological polar surface area (TPSA) is 43.4 Å². The summed E-state index contributed by atoms with van der Waals surface area (Å²) in [6.45, 7) is 4.22. The fraction of sp³-hybridized carbons (Fsp3) is 0.583. The van der Waals surface area contributed by atoms with E-state index in [1.807, 2.05) is 13.0 Å². The number of nitrogens with zero attached hydrogens (tertiary/aromatic N) is 1. The van der Waals surface area contributed by atoms with E-state index in [-0.39, 0.29) is 5.60 Å². The summed E-state index contributed by atoms with van der Waals surface area (Å²) in [5.74, 6) is 0.641. The molecule has 3 heterocycles. The molecule has 1 N–H and O–H groups in total. The molecule has 6 heteroatoms. The van der Waals surface area contributed by atoms with Crippen LogP contribution in [0.25, 0.3) is 0 Å². The fourth-order valence-corrected chi connectivity index (χ4v) is 3.24. The lowest BCUT2D eigenvalue weighted by atomic mass is 9.94. The summed E-state index contributed by atoms with van der Waals surface area (Å²) in [6, 6.07) is 2.01. The van der Waals surface area contributed by atoms with Crippen molar-refractivity contribution in [3.63, 3.8) is 0 Å². The minimum Gasteiger partial charge on any atom is -0.469 e. The monoisotopic (exact) mass is 286 g/mol. The molecule has 0 saturated carbocycles. The summed E-state index contributed by atoms with van der Waals surface area (Å²) in [7, 11) is 0. The van der Waals surface area contributed by atoms with Crippen LogP contribution in [-0.2, 0) is 4.74 Å². The van der Waals surface area contributed by atoms with Gasteiger partial charge >= 0.3 is 0 Å². The molecule has 1 fully saturated rings. The zero-order valence-electron chi connectivity index (χ0n) is 10.2. The Morgan fingerprint density at radius 2 is 2.22 bits per heavy atom. The highest BCUT2D eigenvalue weighted by atomic mass is 35.5. The SMILES string of the molecule is Cc1cc2c(nc1Cl)OC1(CCOCC1)CNS2. The molecular formula is C12H15ClN2O2S. The van der Waals surface area contributed by atoms with E-state index in [1.54, 1.807) is 11.9 Å². The van der Waals surface area contributed by atoms with Crippen LogP contribution in [0.4, 0.5) is 0 Å². The molecule has 18 heavy (non-hydrogen) atoms. The lowest BCUT2D eigenvalue weighted by Gasteiger charge is -2.35. The van der Waals surface area contributed by atoms with Crippen LogP contribution < -0.4 is 9.46 Å². The number of aromatic nitrogens is 1. The molecule has 0 atom stereocenters. The van der Waals surface area contributed by atoms with E-state index in [1.165, 1.54) is 0 Å². The van der Waals surface area contributed by atoms with Gasteiger partial charge in [-0.05, 0) is 30.5 Å². The summed E-state index contributed by atoms with van der Waals surface area (Å²) < 4.78 is 14.9. The van der Waals surface area contributed by atoms with E-state index in [9.17, 15) is 0 Å². The van der Waals surface area contributed by atoms with Gasteiger partial charge in [0.05, 0.1) is 18.1 Å². The number of pyridine rings is 1. The molecule has 2 aliphatic rings. The van der Waals surface area contributed by atoms with Gasteiger partial charge in [0.15, 0.2) is 0 Å². The first-order valence-electron chi connectivity index (χ1n) is 6.02. The van der Waals surface area contributed by atoms with Gasteiger partial charge in [-0.25, -0.2) is 4.98 Å². The van der Waals surface area contributed by atoms with Gasteiger partial charge in [-0.1, -0.05) is 11.6 Å². The third-order valence-corrected chi connectivity index (χ3v) is 4.56. The van der Waals surface area contributed by atoms with Crippen LogP contribution in [0.1, 0.15) is 18.4 Å². The average molecular weight is 287 g/mol. The summed E-state index contributed by atoms with van der Waals surface area (Å²) in [5, 5.41) is 0.512. The normalized spacial score (nSPS) is 22.1. The number of fused-ring (bicyclic) bond motifs is 1. The molecule has 2 aliphatic heterocycles. The van der Waals surface area contributed by atoms with Crippen molar-refractivity contribution < 1.29 is 9.47 Å². The highest BCUT2D eigenvalue weighted by Gasteiger charge is 2.37. The number of aryl methyl sites for hydroxylation is 1. The Hall–Kier alpha value is -0.490. The van der Waals surface area contributed by atoms with Crippen LogP contribution in [-0.4, -0.2) is 30.3 Å². The van der Waals surface area contributed by atoms with E-state index in [4.69, 9.17) is 21.1 Å². The molecule has 4 nitrogen and oxygen atoms in total. The molecule has 0 aromatic carbocycles. The molecule has 0 unspecified atom stereocenters. The van der Waals surface area contributed by atoms with E-state index in [0.717, 1.165) is 43.1 Å². The largest absolute Gasteiger partial charge is 0.469 e. The number of nitrogens with one attached hydrogen (secondary N) is 1. The van der Waals surface area contributed by atoms with Crippen LogP contribution in [0.15, 0.2) is 11.0 Å². The first-order valence-corrected chi connectivity index (χ1v) is 7.22. The molecule has 98 valence electrons. The van der Waals surface area contributed by atoms with Gasteiger partial charge in [-0.3, -0.25) is 4.72 Å². The predicted molar refractivity (Wildman–Crippen MR) is 71.3 cm³/mol. The van der Waals surface area contributed by atoms with Crippen LogP contribution in [0, 0.1) is 6.92 Å². The van der Waals surface area contributed by atoms with Crippen molar-refractivity contribution in [1.29, 1.82) is 0 Å². The number of rotatable bonds is 0. The Kier molecular flexibility index (Phi) is 3.40. The number of ether oxygens (including phenoxy) is 2. The van der Waals surface area contributed by atoms with E-state index < -0.39 is 0 Å². The van der Waals surface area contributed by atoms with Crippen molar-refractivity contribution in [2.75, 3.05) is 19.8 Å². The van der Waals surface area contributed by atoms with Crippen LogP contribution in [0.5, 0.6) is 5.88 Å².